The molecular weight excluding hydrogens is 328 g/mol. The molecule has 0 aliphatic heterocycles. The van der Waals surface area contributed by atoms with Crippen molar-refractivity contribution in [3.63, 3.8) is 0 Å². The highest BCUT2D eigenvalue weighted by atomic mass is 35.5. The summed E-state index contributed by atoms with van der Waals surface area (Å²) >= 11 is 5.81. The lowest BCUT2D eigenvalue weighted by Crippen LogP contribution is -2.26. The summed E-state index contributed by atoms with van der Waals surface area (Å²) in [7, 11) is 0. The number of aromatic nitrogens is 2. The first kappa shape index (κ1) is 17.2. The molecule has 8 heteroatoms. The number of nitrogens with one attached hydrogen (secondary N) is 1. The van der Waals surface area contributed by atoms with Crippen molar-refractivity contribution < 1.29 is 18.3 Å². The Hall–Kier alpha value is -2.15. The van der Waals surface area contributed by atoms with E-state index in [1.54, 1.807) is 19.1 Å². The smallest absolute Gasteiger partial charge is 0.387 e. The van der Waals surface area contributed by atoms with Crippen LogP contribution in [0.25, 0.3) is 0 Å². The van der Waals surface area contributed by atoms with Crippen molar-refractivity contribution in [2.75, 3.05) is 5.32 Å². The fraction of sp³-hybridized carbons (Fsp3) is 0.333. The number of amides is 1. The molecule has 1 atom stereocenters. The van der Waals surface area contributed by atoms with Gasteiger partial charge < -0.3 is 10.1 Å². The molecule has 0 saturated heterocycles. The van der Waals surface area contributed by atoms with E-state index in [1.165, 1.54) is 23.1 Å². The lowest BCUT2D eigenvalue weighted by molar-refractivity contribution is -0.119. The number of carbonyl (C=O) groups excluding carboxylic acids is 1. The fourth-order valence-electron chi connectivity index (χ4n) is 2.13. The van der Waals surface area contributed by atoms with Crippen LogP contribution in [0.4, 0.5) is 14.5 Å². The van der Waals surface area contributed by atoms with E-state index in [-0.39, 0.29) is 11.4 Å². The second-order valence-electron chi connectivity index (χ2n) is 4.93. The zero-order valence-corrected chi connectivity index (χ0v) is 13.3. The Morgan fingerprint density at radius 2 is 2.22 bits per heavy atom. The van der Waals surface area contributed by atoms with Gasteiger partial charge in [-0.2, -0.15) is 13.9 Å². The van der Waals surface area contributed by atoms with E-state index in [4.69, 9.17) is 11.6 Å². The summed E-state index contributed by atoms with van der Waals surface area (Å²) < 4.78 is 30.8. The van der Waals surface area contributed by atoms with Crippen molar-refractivity contribution in [1.82, 2.24) is 9.78 Å². The van der Waals surface area contributed by atoms with Gasteiger partial charge in [0, 0.05) is 6.20 Å². The van der Waals surface area contributed by atoms with Gasteiger partial charge in [0.25, 0.3) is 0 Å². The van der Waals surface area contributed by atoms with Crippen LogP contribution in [0.3, 0.4) is 0 Å². The van der Waals surface area contributed by atoms with Crippen molar-refractivity contribution in [2.24, 2.45) is 0 Å². The Labute approximate surface area is 137 Å². The highest BCUT2D eigenvalue weighted by molar-refractivity contribution is 6.30. The summed E-state index contributed by atoms with van der Waals surface area (Å²) in [5, 5.41) is 7.04. The van der Waals surface area contributed by atoms with Gasteiger partial charge in [-0.15, -0.1) is 0 Å². The zero-order chi connectivity index (χ0) is 17.0. The van der Waals surface area contributed by atoms with E-state index in [1.807, 2.05) is 6.92 Å². The zero-order valence-electron chi connectivity index (χ0n) is 12.6. The monoisotopic (exact) mass is 343 g/mol. The van der Waals surface area contributed by atoms with Gasteiger partial charge in [-0.25, -0.2) is 0 Å². The summed E-state index contributed by atoms with van der Waals surface area (Å²) in [5.41, 5.74) is 0.990. The molecule has 2 aromatic rings. The van der Waals surface area contributed by atoms with Gasteiger partial charge in [0.2, 0.25) is 5.91 Å². The van der Waals surface area contributed by atoms with Gasteiger partial charge in [0.15, 0.2) is 0 Å². The molecule has 2 rings (SSSR count). The van der Waals surface area contributed by atoms with Gasteiger partial charge in [0.05, 0.1) is 16.9 Å². The molecule has 1 aromatic carbocycles. The van der Waals surface area contributed by atoms with Crippen molar-refractivity contribution >= 4 is 23.2 Å². The van der Waals surface area contributed by atoms with E-state index in [0.29, 0.717) is 11.4 Å². The second kappa shape index (κ2) is 7.41. The average Bonchev–Trinajstić information content (AvgIpc) is 2.88. The SMILES string of the molecule is CCC(C(=O)Nc1cc(C)ccc1OC(F)F)n1cc(Cl)cn1. The maximum atomic E-state index is 12.5. The minimum absolute atomic E-state index is 0.0905. The Kier molecular flexibility index (Phi) is 5.54. The Morgan fingerprint density at radius 1 is 1.48 bits per heavy atom. The summed E-state index contributed by atoms with van der Waals surface area (Å²) in [6, 6.07) is 3.97. The molecule has 0 saturated carbocycles. The number of ether oxygens (including phenoxy) is 1. The molecule has 23 heavy (non-hydrogen) atoms. The van der Waals surface area contributed by atoms with Gasteiger partial charge in [0.1, 0.15) is 11.8 Å². The van der Waals surface area contributed by atoms with Crippen LogP contribution < -0.4 is 10.1 Å². The molecule has 0 aliphatic rings. The third kappa shape index (κ3) is 4.41. The molecule has 1 unspecified atom stereocenters. The van der Waals surface area contributed by atoms with Gasteiger partial charge in [-0.05, 0) is 31.0 Å². The molecule has 0 radical (unpaired) electrons. The number of halogens is 3. The Morgan fingerprint density at radius 3 is 2.78 bits per heavy atom. The molecule has 124 valence electrons. The number of alkyl halides is 2. The van der Waals surface area contributed by atoms with Crippen molar-refractivity contribution in [3.8, 4) is 5.75 Å². The Bertz CT molecular complexity index is 691. The van der Waals surface area contributed by atoms with Crippen molar-refractivity contribution in [1.29, 1.82) is 0 Å². The number of hydrogen-bond donors (Lipinski definition) is 1. The van der Waals surface area contributed by atoms with Crippen LogP contribution >= 0.6 is 11.6 Å². The van der Waals surface area contributed by atoms with Crippen LogP contribution in [0.2, 0.25) is 5.02 Å². The maximum Gasteiger partial charge on any atom is 0.387 e. The van der Waals surface area contributed by atoms with Crippen LogP contribution in [0.15, 0.2) is 30.6 Å². The molecule has 1 N–H and O–H groups in total. The molecule has 0 spiro atoms. The second-order valence-corrected chi connectivity index (χ2v) is 5.37. The highest BCUT2D eigenvalue weighted by Crippen LogP contribution is 2.28. The fourth-order valence-corrected chi connectivity index (χ4v) is 2.28. The van der Waals surface area contributed by atoms with Crippen LogP contribution in [0.1, 0.15) is 24.9 Å². The van der Waals surface area contributed by atoms with Gasteiger partial charge >= 0.3 is 6.61 Å². The minimum atomic E-state index is -2.97. The third-order valence-electron chi connectivity index (χ3n) is 3.19. The first-order valence-corrected chi connectivity index (χ1v) is 7.34. The van der Waals surface area contributed by atoms with Crippen LogP contribution in [-0.2, 0) is 4.79 Å². The number of rotatable bonds is 6. The van der Waals surface area contributed by atoms with E-state index >= 15 is 0 Å². The van der Waals surface area contributed by atoms with E-state index < -0.39 is 18.6 Å². The molecular formula is C15H16ClF2N3O2. The summed E-state index contributed by atoms with van der Waals surface area (Å²) in [4.78, 5) is 12.4. The third-order valence-corrected chi connectivity index (χ3v) is 3.38. The van der Waals surface area contributed by atoms with Gasteiger partial charge in [-0.3, -0.25) is 9.48 Å². The number of nitrogens with zero attached hydrogens (tertiary/aromatic N) is 2. The average molecular weight is 344 g/mol. The quantitative estimate of drug-likeness (QED) is 0.861. The Balaban J connectivity index is 2.23. The predicted octanol–water partition coefficient (Wildman–Crippen LogP) is 4.04. The molecule has 1 amide bonds. The lowest BCUT2D eigenvalue weighted by Gasteiger charge is -2.17. The van der Waals surface area contributed by atoms with Crippen LogP contribution in [0, 0.1) is 6.92 Å². The first-order chi connectivity index (χ1) is 10.9. The normalized spacial score (nSPS) is 12.3. The highest BCUT2D eigenvalue weighted by Gasteiger charge is 2.21. The molecule has 1 heterocycles. The van der Waals surface area contributed by atoms with Crippen LogP contribution in [0.5, 0.6) is 5.75 Å². The topological polar surface area (TPSA) is 56.1 Å². The van der Waals surface area contributed by atoms with Gasteiger partial charge in [-0.1, -0.05) is 24.6 Å². The largest absolute Gasteiger partial charge is 0.433 e. The lowest BCUT2D eigenvalue weighted by atomic mass is 10.1. The molecule has 5 nitrogen and oxygen atoms in total. The van der Waals surface area contributed by atoms with Crippen LogP contribution in [-0.4, -0.2) is 22.3 Å². The molecule has 0 bridgehead atoms. The minimum Gasteiger partial charge on any atom is -0.433 e. The number of benzene rings is 1. The maximum absolute atomic E-state index is 12.5. The molecule has 0 aliphatic carbocycles. The van der Waals surface area contributed by atoms with Crippen molar-refractivity contribution in [3.05, 3.63) is 41.2 Å². The molecule has 0 fully saturated rings. The first-order valence-electron chi connectivity index (χ1n) is 6.96. The summed E-state index contributed by atoms with van der Waals surface area (Å²) in [6.45, 7) is 0.624. The molecule has 1 aromatic heterocycles. The predicted molar refractivity (Wildman–Crippen MR) is 83.0 cm³/mol. The van der Waals surface area contributed by atoms with E-state index in [9.17, 15) is 13.6 Å². The number of anilines is 1. The number of hydrogen-bond acceptors (Lipinski definition) is 3. The summed E-state index contributed by atoms with van der Waals surface area (Å²) in [6.07, 6.45) is 3.41. The summed E-state index contributed by atoms with van der Waals surface area (Å²) in [5.74, 6) is -0.482. The van der Waals surface area contributed by atoms with Crippen molar-refractivity contribution in [2.45, 2.75) is 32.9 Å². The standard InChI is InChI=1S/C15H16ClF2N3O2/c1-3-12(21-8-10(16)7-19-21)14(22)20-11-6-9(2)4-5-13(11)23-15(17)18/h4-8,12,15H,3H2,1-2H3,(H,20,22). The number of aryl methyl sites for hydroxylation is 1. The van der Waals surface area contributed by atoms with E-state index in [2.05, 4.69) is 15.2 Å². The number of carbonyl (C=O) groups is 1. The van der Waals surface area contributed by atoms with E-state index in [0.717, 1.165) is 5.56 Å².